The summed E-state index contributed by atoms with van der Waals surface area (Å²) in [5.74, 6) is -0.808. The number of benzene rings is 1. The lowest BCUT2D eigenvalue weighted by molar-refractivity contribution is -0.132. The van der Waals surface area contributed by atoms with Crippen LogP contribution in [-0.2, 0) is 9.59 Å². The van der Waals surface area contributed by atoms with E-state index in [1.807, 2.05) is 30.3 Å². The molecule has 0 saturated heterocycles. The van der Waals surface area contributed by atoms with Crippen LogP contribution in [0.5, 0.6) is 0 Å². The van der Waals surface area contributed by atoms with E-state index < -0.39 is 5.92 Å². The van der Waals surface area contributed by atoms with Crippen LogP contribution in [0.4, 0.5) is 0 Å². The normalized spacial score (nSPS) is 12.2. The van der Waals surface area contributed by atoms with Crippen molar-refractivity contribution in [3.63, 3.8) is 0 Å². The topological polar surface area (TPSA) is 34.1 Å². The molecule has 0 aromatic heterocycles. The summed E-state index contributed by atoms with van der Waals surface area (Å²) < 4.78 is 0. The van der Waals surface area contributed by atoms with Gasteiger partial charge in [-0.1, -0.05) is 50.3 Å². The first kappa shape index (κ1) is 14.4. The molecule has 0 aliphatic rings. The molecule has 1 atom stereocenters. The van der Waals surface area contributed by atoms with Gasteiger partial charge in [0.25, 0.3) is 0 Å². The Bertz CT molecular complexity index is 404. The molecule has 0 bridgehead atoms. The highest BCUT2D eigenvalue weighted by atomic mass is 16.1. The van der Waals surface area contributed by atoms with Gasteiger partial charge in [0.15, 0.2) is 0 Å². The molecule has 0 N–H and O–H groups in total. The maximum atomic E-state index is 12.0. The lowest BCUT2D eigenvalue weighted by atomic mass is 9.79. The molecule has 2 nitrogen and oxygen atoms in total. The van der Waals surface area contributed by atoms with Crippen molar-refractivity contribution < 1.29 is 9.59 Å². The average molecular weight is 244 g/mol. The molecule has 0 fully saturated rings. The van der Waals surface area contributed by atoms with Crippen molar-refractivity contribution in [1.82, 2.24) is 0 Å². The number of allylic oxidation sites excluding steroid dienone is 1. The third-order valence-electron chi connectivity index (χ3n) is 3.19. The van der Waals surface area contributed by atoms with Crippen LogP contribution in [0.15, 0.2) is 43.0 Å². The van der Waals surface area contributed by atoms with Crippen molar-refractivity contribution in [1.29, 1.82) is 0 Å². The van der Waals surface area contributed by atoms with E-state index in [0.29, 0.717) is 12.8 Å². The second kappa shape index (κ2) is 6.90. The van der Waals surface area contributed by atoms with Crippen molar-refractivity contribution in [3.8, 4) is 0 Å². The zero-order chi connectivity index (χ0) is 13.5. The summed E-state index contributed by atoms with van der Waals surface area (Å²) in [5.41, 5.74) is 0.973. The summed E-state index contributed by atoms with van der Waals surface area (Å²) in [6, 6.07) is 9.61. The second-order valence-electron chi connectivity index (χ2n) is 4.29. The first-order chi connectivity index (χ1) is 8.65. The van der Waals surface area contributed by atoms with Gasteiger partial charge in [0.05, 0.1) is 5.92 Å². The number of carbonyl (C=O) groups excluding carboxylic acids is 2. The van der Waals surface area contributed by atoms with E-state index in [2.05, 4.69) is 6.58 Å². The van der Waals surface area contributed by atoms with Crippen LogP contribution in [0, 0.1) is 5.92 Å². The maximum absolute atomic E-state index is 12.0. The number of hydrogen-bond donors (Lipinski definition) is 0. The zero-order valence-electron chi connectivity index (χ0n) is 11.1. The van der Waals surface area contributed by atoms with Crippen LogP contribution in [0.3, 0.4) is 0 Å². The maximum Gasteiger partial charge on any atom is 0.143 e. The molecule has 2 heteroatoms. The van der Waals surface area contributed by atoms with Crippen LogP contribution >= 0.6 is 0 Å². The molecule has 96 valence electrons. The third kappa shape index (κ3) is 3.16. The Morgan fingerprint density at radius 1 is 1.11 bits per heavy atom. The highest BCUT2D eigenvalue weighted by molar-refractivity contribution is 6.03. The number of ketones is 2. The number of rotatable bonds is 7. The third-order valence-corrected chi connectivity index (χ3v) is 3.19. The van der Waals surface area contributed by atoms with E-state index >= 15 is 0 Å². The predicted molar refractivity (Wildman–Crippen MR) is 73.5 cm³/mol. The smallest absolute Gasteiger partial charge is 0.143 e. The van der Waals surface area contributed by atoms with Crippen LogP contribution < -0.4 is 0 Å². The molecule has 0 aliphatic heterocycles. The Morgan fingerprint density at radius 3 is 2.00 bits per heavy atom. The Labute approximate surface area is 109 Å². The molecule has 0 radical (unpaired) electrons. The standard InChI is InChI=1S/C16H20O2/c1-4-13(12-10-8-7-9-11-12)16(14(17)5-2)15(18)6-3/h4,7-11,13,16H,1,5-6H2,2-3H3. The average Bonchev–Trinajstić information content (AvgIpc) is 2.44. The van der Waals surface area contributed by atoms with Gasteiger partial charge < -0.3 is 0 Å². The van der Waals surface area contributed by atoms with Crippen LogP contribution in [0.1, 0.15) is 38.2 Å². The fourth-order valence-electron chi connectivity index (χ4n) is 2.16. The summed E-state index contributed by atoms with van der Waals surface area (Å²) in [6.45, 7) is 7.38. The van der Waals surface area contributed by atoms with E-state index in [1.165, 1.54) is 0 Å². The Hall–Kier alpha value is -1.70. The van der Waals surface area contributed by atoms with Gasteiger partial charge in [-0.05, 0) is 5.56 Å². The summed E-state index contributed by atoms with van der Waals surface area (Å²) in [4.78, 5) is 24.0. The van der Waals surface area contributed by atoms with E-state index in [9.17, 15) is 9.59 Å². The van der Waals surface area contributed by atoms with Crippen molar-refractivity contribution in [2.45, 2.75) is 32.6 Å². The lowest BCUT2D eigenvalue weighted by Gasteiger charge is -2.22. The largest absolute Gasteiger partial charge is 0.299 e. The van der Waals surface area contributed by atoms with Gasteiger partial charge in [-0.2, -0.15) is 0 Å². The van der Waals surface area contributed by atoms with Gasteiger partial charge >= 0.3 is 0 Å². The fraction of sp³-hybridized carbons (Fsp3) is 0.375. The number of carbonyl (C=O) groups is 2. The minimum atomic E-state index is -0.583. The summed E-state index contributed by atoms with van der Waals surface area (Å²) >= 11 is 0. The van der Waals surface area contributed by atoms with Gasteiger partial charge in [-0.3, -0.25) is 9.59 Å². The monoisotopic (exact) mass is 244 g/mol. The Kier molecular flexibility index (Phi) is 5.50. The molecule has 1 aromatic carbocycles. The molecule has 18 heavy (non-hydrogen) atoms. The molecular formula is C16H20O2. The molecule has 1 rings (SSSR count). The molecule has 0 amide bonds. The first-order valence-corrected chi connectivity index (χ1v) is 6.38. The van der Waals surface area contributed by atoms with E-state index in [-0.39, 0.29) is 17.5 Å². The van der Waals surface area contributed by atoms with Crippen LogP contribution in [-0.4, -0.2) is 11.6 Å². The zero-order valence-corrected chi connectivity index (χ0v) is 11.1. The van der Waals surface area contributed by atoms with Crippen molar-refractivity contribution in [3.05, 3.63) is 48.6 Å². The summed E-state index contributed by atoms with van der Waals surface area (Å²) in [6.07, 6.45) is 2.47. The van der Waals surface area contributed by atoms with Crippen molar-refractivity contribution >= 4 is 11.6 Å². The van der Waals surface area contributed by atoms with E-state index in [4.69, 9.17) is 0 Å². The molecular weight excluding hydrogens is 224 g/mol. The van der Waals surface area contributed by atoms with E-state index in [1.54, 1.807) is 19.9 Å². The molecule has 0 aliphatic carbocycles. The highest BCUT2D eigenvalue weighted by Crippen LogP contribution is 2.29. The Balaban J connectivity index is 3.13. The molecule has 0 saturated carbocycles. The van der Waals surface area contributed by atoms with Crippen LogP contribution in [0.2, 0.25) is 0 Å². The van der Waals surface area contributed by atoms with Crippen molar-refractivity contribution in [2.75, 3.05) is 0 Å². The number of hydrogen-bond acceptors (Lipinski definition) is 2. The summed E-state index contributed by atoms with van der Waals surface area (Å²) in [7, 11) is 0. The summed E-state index contributed by atoms with van der Waals surface area (Å²) in [5, 5.41) is 0. The second-order valence-corrected chi connectivity index (χ2v) is 4.29. The van der Waals surface area contributed by atoms with Crippen molar-refractivity contribution in [2.24, 2.45) is 5.92 Å². The Morgan fingerprint density at radius 2 is 1.61 bits per heavy atom. The van der Waals surface area contributed by atoms with Gasteiger partial charge in [0.1, 0.15) is 11.6 Å². The number of Topliss-reactive ketones (excluding diaryl/α,β-unsaturated/α-hetero) is 2. The van der Waals surface area contributed by atoms with Crippen LogP contribution in [0.25, 0.3) is 0 Å². The predicted octanol–water partition coefficient (Wildman–Crippen LogP) is 3.53. The van der Waals surface area contributed by atoms with Gasteiger partial charge in [0, 0.05) is 18.8 Å². The molecule has 0 heterocycles. The minimum Gasteiger partial charge on any atom is -0.299 e. The molecule has 1 unspecified atom stereocenters. The minimum absolute atomic E-state index is 0.00407. The quantitative estimate of drug-likeness (QED) is 0.543. The molecule has 0 spiro atoms. The van der Waals surface area contributed by atoms with Gasteiger partial charge in [-0.15, -0.1) is 6.58 Å². The fourth-order valence-corrected chi connectivity index (χ4v) is 2.16. The van der Waals surface area contributed by atoms with Gasteiger partial charge in [-0.25, -0.2) is 0 Å². The van der Waals surface area contributed by atoms with Gasteiger partial charge in [0.2, 0.25) is 0 Å². The highest BCUT2D eigenvalue weighted by Gasteiger charge is 2.31. The van der Waals surface area contributed by atoms with E-state index in [0.717, 1.165) is 5.56 Å². The SMILES string of the molecule is C=CC(c1ccccc1)C(C(=O)CC)C(=O)CC. The molecule has 1 aromatic rings. The first-order valence-electron chi connectivity index (χ1n) is 6.38. The lowest BCUT2D eigenvalue weighted by Crippen LogP contribution is -2.28.